The average molecular weight is 256 g/mol. The summed E-state index contributed by atoms with van der Waals surface area (Å²) in [5.41, 5.74) is 0. The van der Waals surface area contributed by atoms with E-state index >= 15 is 0 Å². The van der Waals surface area contributed by atoms with Crippen molar-refractivity contribution in [3.05, 3.63) is 0 Å². The van der Waals surface area contributed by atoms with Crippen LogP contribution in [0.4, 0.5) is 0 Å². The maximum atomic E-state index is 12.0. The first-order chi connectivity index (χ1) is 8.66. The number of hydrogen-bond donors (Lipinski definition) is 2. The summed E-state index contributed by atoms with van der Waals surface area (Å²) in [5, 5.41) is 12.1. The fourth-order valence-electron chi connectivity index (χ4n) is 2.45. The number of morpholine rings is 1. The molecule has 2 aliphatic rings. The van der Waals surface area contributed by atoms with Crippen LogP contribution in [0.3, 0.4) is 0 Å². The Morgan fingerprint density at radius 1 is 1.33 bits per heavy atom. The Hall–Kier alpha value is -1.14. The predicted octanol–water partition coefficient (Wildman–Crippen LogP) is -0.312. The Kier molecular flexibility index (Phi) is 4.54. The van der Waals surface area contributed by atoms with Crippen molar-refractivity contribution < 1.29 is 19.4 Å². The third kappa shape index (κ3) is 3.43. The van der Waals surface area contributed by atoms with Gasteiger partial charge in [-0.25, -0.2) is 0 Å². The first-order valence-corrected chi connectivity index (χ1v) is 6.49. The Morgan fingerprint density at radius 3 is 2.61 bits per heavy atom. The number of carboxylic acids is 1. The Morgan fingerprint density at radius 2 is 2.06 bits per heavy atom. The van der Waals surface area contributed by atoms with Gasteiger partial charge in [0.25, 0.3) is 0 Å². The molecule has 0 saturated carbocycles. The van der Waals surface area contributed by atoms with Gasteiger partial charge in [-0.1, -0.05) is 0 Å². The molecule has 0 aromatic heterocycles. The lowest BCUT2D eigenvalue weighted by Gasteiger charge is -2.32. The smallest absolute Gasteiger partial charge is 0.306 e. The third-order valence-electron chi connectivity index (χ3n) is 3.60. The number of carbonyl (C=O) groups excluding carboxylic acids is 1. The van der Waals surface area contributed by atoms with Crippen LogP contribution in [0, 0.1) is 5.92 Å². The number of rotatable bonds is 3. The first kappa shape index (κ1) is 13.3. The zero-order valence-corrected chi connectivity index (χ0v) is 10.4. The van der Waals surface area contributed by atoms with Crippen molar-refractivity contribution in [1.29, 1.82) is 0 Å². The summed E-state index contributed by atoms with van der Waals surface area (Å²) >= 11 is 0. The zero-order chi connectivity index (χ0) is 13.0. The second-order valence-corrected chi connectivity index (χ2v) is 4.89. The molecule has 18 heavy (non-hydrogen) atoms. The van der Waals surface area contributed by atoms with Gasteiger partial charge in [-0.3, -0.25) is 9.59 Å². The number of nitrogens with zero attached hydrogens (tertiary/aromatic N) is 1. The van der Waals surface area contributed by atoms with Crippen molar-refractivity contribution in [3.8, 4) is 0 Å². The normalized spacial score (nSPS) is 26.0. The van der Waals surface area contributed by atoms with Crippen LogP contribution in [-0.2, 0) is 14.3 Å². The minimum absolute atomic E-state index is 0.0385. The Bertz CT molecular complexity index is 307. The van der Waals surface area contributed by atoms with Crippen LogP contribution in [0.5, 0.6) is 0 Å². The predicted molar refractivity (Wildman–Crippen MR) is 64.2 cm³/mol. The molecule has 2 aliphatic heterocycles. The molecule has 1 unspecified atom stereocenters. The molecular weight excluding hydrogens is 236 g/mol. The minimum Gasteiger partial charge on any atom is -0.481 e. The fourth-order valence-corrected chi connectivity index (χ4v) is 2.45. The summed E-state index contributed by atoms with van der Waals surface area (Å²) in [6.07, 6.45) is 1.48. The van der Waals surface area contributed by atoms with E-state index in [1.165, 1.54) is 0 Å². The summed E-state index contributed by atoms with van der Waals surface area (Å²) in [6, 6.07) is 0. The Balaban J connectivity index is 1.75. The highest BCUT2D eigenvalue weighted by Crippen LogP contribution is 2.18. The number of piperidine rings is 1. The molecule has 2 fully saturated rings. The largest absolute Gasteiger partial charge is 0.481 e. The fraction of sp³-hybridized carbons (Fsp3) is 0.833. The lowest BCUT2D eigenvalue weighted by Crippen LogP contribution is -2.45. The number of carboxylic acid groups (broad SMARTS) is 1. The van der Waals surface area contributed by atoms with Crippen molar-refractivity contribution in [2.45, 2.75) is 25.4 Å². The molecule has 0 aliphatic carbocycles. The zero-order valence-electron chi connectivity index (χ0n) is 10.4. The van der Waals surface area contributed by atoms with Gasteiger partial charge in [0.2, 0.25) is 5.91 Å². The van der Waals surface area contributed by atoms with Crippen molar-refractivity contribution in [2.75, 3.05) is 32.8 Å². The van der Waals surface area contributed by atoms with Crippen LogP contribution in [0.25, 0.3) is 0 Å². The Labute approximate surface area is 106 Å². The van der Waals surface area contributed by atoms with Gasteiger partial charge in [-0.2, -0.15) is 0 Å². The monoisotopic (exact) mass is 256 g/mol. The molecule has 0 radical (unpaired) electrons. The van der Waals surface area contributed by atoms with Crippen LogP contribution in [0.15, 0.2) is 0 Å². The highest BCUT2D eigenvalue weighted by molar-refractivity contribution is 5.77. The number of aliphatic carboxylic acids is 1. The van der Waals surface area contributed by atoms with E-state index in [4.69, 9.17) is 9.84 Å². The van der Waals surface area contributed by atoms with E-state index in [0.717, 1.165) is 13.1 Å². The molecule has 102 valence electrons. The SMILES string of the molecule is O=C(O)C1CCN(C(=O)CC2CNCCO2)CC1. The summed E-state index contributed by atoms with van der Waals surface area (Å²) in [6.45, 7) is 3.32. The molecule has 6 heteroatoms. The van der Waals surface area contributed by atoms with Crippen molar-refractivity contribution in [2.24, 2.45) is 5.92 Å². The molecule has 0 aromatic carbocycles. The molecule has 6 nitrogen and oxygen atoms in total. The number of ether oxygens (including phenoxy) is 1. The second-order valence-electron chi connectivity index (χ2n) is 4.89. The van der Waals surface area contributed by atoms with E-state index in [2.05, 4.69) is 5.32 Å². The van der Waals surface area contributed by atoms with E-state index in [1.807, 2.05) is 0 Å². The summed E-state index contributed by atoms with van der Waals surface area (Å²) in [4.78, 5) is 24.6. The summed E-state index contributed by atoms with van der Waals surface area (Å²) in [5.74, 6) is -0.962. The van der Waals surface area contributed by atoms with Crippen LogP contribution in [0.1, 0.15) is 19.3 Å². The van der Waals surface area contributed by atoms with Gasteiger partial charge in [0, 0.05) is 26.2 Å². The van der Waals surface area contributed by atoms with Gasteiger partial charge >= 0.3 is 5.97 Å². The average Bonchev–Trinajstić information content (AvgIpc) is 2.40. The van der Waals surface area contributed by atoms with Crippen molar-refractivity contribution >= 4 is 11.9 Å². The van der Waals surface area contributed by atoms with Crippen LogP contribution < -0.4 is 5.32 Å². The van der Waals surface area contributed by atoms with Gasteiger partial charge in [0.05, 0.1) is 25.0 Å². The van der Waals surface area contributed by atoms with Crippen LogP contribution in [-0.4, -0.2) is 60.8 Å². The molecule has 0 spiro atoms. The molecule has 2 N–H and O–H groups in total. The molecule has 2 heterocycles. The van der Waals surface area contributed by atoms with Gasteiger partial charge in [0.1, 0.15) is 0 Å². The molecule has 1 atom stereocenters. The molecule has 0 bridgehead atoms. The van der Waals surface area contributed by atoms with Crippen molar-refractivity contribution in [1.82, 2.24) is 10.2 Å². The summed E-state index contributed by atoms with van der Waals surface area (Å²) < 4.78 is 5.49. The van der Waals surface area contributed by atoms with Gasteiger partial charge in [-0.05, 0) is 12.8 Å². The van der Waals surface area contributed by atoms with Crippen LogP contribution in [0.2, 0.25) is 0 Å². The number of hydrogen-bond acceptors (Lipinski definition) is 4. The summed E-state index contributed by atoms with van der Waals surface area (Å²) in [7, 11) is 0. The maximum absolute atomic E-state index is 12.0. The van der Waals surface area contributed by atoms with E-state index in [9.17, 15) is 9.59 Å². The first-order valence-electron chi connectivity index (χ1n) is 6.49. The lowest BCUT2D eigenvalue weighted by molar-refractivity contribution is -0.146. The van der Waals surface area contributed by atoms with E-state index in [1.54, 1.807) is 4.90 Å². The van der Waals surface area contributed by atoms with E-state index in [0.29, 0.717) is 39.0 Å². The number of nitrogens with one attached hydrogen (secondary N) is 1. The topological polar surface area (TPSA) is 78.9 Å². The standard InChI is InChI=1S/C12H20N2O4/c15-11(7-10-8-13-3-6-18-10)14-4-1-9(2-5-14)12(16)17/h9-10,13H,1-8H2,(H,16,17). The molecule has 1 amide bonds. The highest BCUT2D eigenvalue weighted by atomic mass is 16.5. The van der Waals surface area contributed by atoms with Crippen molar-refractivity contribution in [3.63, 3.8) is 0 Å². The van der Waals surface area contributed by atoms with Crippen LogP contribution >= 0.6 is 0 Å². The minimum atomic E-state index is -0.748. The second kappa shape index (κ2) is 6.15. The van der Waals surface area contributed by atoms with Gasteiger partial charge in [-0.15, -0.1) is 0 Å². The molecule has 2 rings (SSSR count). The molecule has 2 saturated heterocycles. The van der Waals surface area contributed by atoms with Gasteiger partial charge < -0.3 is 20.1 Å². The van der Waals surface area contributed by atoms with E-state index in [-0.39, 0.29) is 17.9 Å². The molecular formula is C12H20N2O4. The number of likely N-dealkylation sites (tertiary alicyclic amines) is 1. The third-order valence-corrected chi connectivity index (χ3v) is 3.60. The van der Waals surface area contributed by atoms with E-state index < -0.39 is 5.97 Å². The highest BCUT2D eigenvalue weighted by Gasteiger charge is 2.28. The lowest BCUT2D eigenvalue weighted by atomic mass is 9.97. The quantitative estimate of drug-likeness (QED) is 0.724. The molecule has 0 aromatic rings. The van der Waals surface area contributed by atoms with Gasteiger partial charge in [0.15, 0.2) is 0 Å². The number of amides is 1. The number of carbonyl (C=O) groups is 2. The maximum Gasteiger partial charge on any atom is 0.306 e.